The van der Waals surface area contributed by atoms with Crippen molar-refractivity contribution < 1.29 is 28.5 Å². The van der Waals surface area contributed by atoms with Gasteiger partial charge in [-0.3, -0.25) is 15.1 Å². The molecule has 1 atom stereocenters. The molecule has 1 unspecified atom stereocenters. The predicted molar refractivity (Wildman–Crippen MR) is 167 cm³/mol. The number of methoxy groups -OCH3 is 1. The first kappa shape index (κ1) is 32.5. The maximum absolute atomic E-state index is 15.9. The van der Waals surface area contributed by atoms with Crippen molar-refractivity contribution in [2.45, 2.75) is 72.6 Å². The molecule has 0 aliphatic carbocycles. The van der Waals surface area contributed by atoms with Crippen LogP contribution in [-0.2, 0) is 11.0 Å². The Morgan fingerprint density at radius 2 is 1.70 bits per heavy atom. The highest BCUT2D eigenvalue weighted by Gasteiger charge is 2.45. The van der Waals surface area contributed by atoms with E-state index in [1.165, 1.54) is 0 Å². The fourth-order valence-electron chi connectivity index (χ4n) is 6.05. The molecule has 2 N–H and O–H groups in total. The summed E-state index contributed by atoms with van der Waals surface area (Å²) in [6, 6.07) is 5.49. The summed E-state index contributed by atoms with van der Waals surface area (Å²) in [7, 11) is 1.65. The van der Waals surface area contributed by atoms with Gasteiger partial charge in [-0.2, -0.15) is 0 Å². The quantitative estimate of drug-likeness (QED) is 0.363. The molecule has 0 spiro atoms. The standard InChI is InChI=1S/C33H47FN4O5/c1-10-42-26-18-22-27(28(34)30(26)43-11-2)31(35)38(33(22,7)8)19-25(40)21-16-23(32(4,5)6)29(41-9)24(17-21)37-14-12-36(13-15-37)20(3)39/h16-18,20,35,39H,10-15,19H2,1-9H3. The van der Waals surface area contributed by atoms with Crippen LogP contribution in [0.4, 0.5) is 10.1 Å². The molecule has 10 heteroatoms. The maximum Gasteiger partial charge on any atom is 0.197 e. The molecule has 2 heterocycles. The van der Waals surface area contributed by atoms with Crippen LogP contribution < -0.4 is 19.1 Å². The van der Waals surface area contributed by atoms with Crippen molar-refractivity contribution in [2.75, 3.05) is 57.9 Å². The van der Waals surface area contributed by atoms with Gasteiger partial charge in [0, 0.05) is 37.3 Å². The van der Waals surface area contributed by atoms with E-state index in [-0.39, 0.29) is 41.5 Å². The van der Waals surface area contributed by atoms with Gasteiger partial charge >= 0.3 is 0 Å². The van der Waals surface area contributed by atoms with Gasteiger partial charge in [0.25, 0.3) is 0 Å². The highest BCUT2D eigenvalue weighted by atomic mass is 19.1. The van der Waals surface area contributed by atoms with Gasteiger partial charge in [0.1, 0.15) is 17.8 Å². The Balaban J connectivity index is 1.73. The van der Waals surface area contributed by atoms with E-state index >= 15 is 4.39 Å². The minimum atomic E-state index is -0.848. The maximum atomic E-state index is 15.9. The van der Waals surface area contributed by atoms with Crippen molar-refractivity contribution in [3.05, 3.63) is 46.3 Å². The lowest BCUT2D eigenvalue weighted by molar-refractivity contribution is 0.0153. The number of carbonyl (C=O) groups is 1. The number of hydrogen-bond acceptors (Lipinski definition) is 8. The summed E-state index contributed by atoms with van der Waals surface area (Å²) >= 11 is 0. The minimum absolute atomic E-state index is 0.0119. The number of nitrogens with zero attached hydrogens (tertiary/aromatic N) is 3. The highest BCUT2D eigenvalue weighted by Crippen LogP contribution is 2.47. The number of ether oxygens (including phenoxy) is 3. The number of anilines is 1. The lowest BCUT2D eigenvalue weighted by Crippen LogP contribution is -2.49. The van der Waals surface area contributed by atoms with Crippen LogP contribution in [0.5, 0.6) is 17.2 Å². The number of aliphatic hydroxyl groups is 1. The summed E-state index contributed by atoms with van der Waals surface area (Å²) < 4.78 is 33.1. The number of amidine groups is 1. The number of aliphatic hydroxyl groups excluding tert-OH is 1. The number of carbonyl (C=O) groups excluding carboxylic acids is 1. The molecule has 43 heavy (non-hydrogen) atoms. The van der Waals surface area contributed by atoms with Crippen LogP contribution in [0.3, 0.4) is 0 Å². The minimum Gasteiger partial charge on any atom is -0.494 e. The first-order valence-corrected chi connectivity index (χ1v) is 15.1. The Morgan fingerprint density at radius 3 is 2.23 bits per heavy atom. The number of hydrogen-bond donors (Lipinski definition) is 2. The Morgan fingerprint density at radius 1 is 1.07 bits per heavy atom. The third-order valence-corrected chi connectivity index (χ3v) is 8.51. The zero-order chi connectivity index (χ0) is 31.9. The molecule has 0 saturated carbocycles. The molecule has 2 aliphatic heterocycles. The molecule has 1 saturated heterocycles. The summed E-state index contributed by atoms with van der Waals surface area (Å²) in [5, 5.41) is 19.0. The van der Waals surface area contributed by atoms with Gasteiger partial charge in [-0.05, 0) is 63.8 Å². The molecule has 236 valence electrons. The van der Waals surface area contributed by atoms with Crippen LogP contribution in [0.2, 0.25) is 0 Å². The van der Waals surface area contributed by atoms with Crippen molar-refractivity contribution in [1.82, 2.24) is 9.80 Å². The number of benzene rings is 2. The summed E-state index contributed by atoms with van der Waals surface area (Å²) in [6.45, 7) is 18.6. The summed E-state index contributed by atoms with van der Waals surface area (Å²) in [5.74, 6) is 0.119. The molecule has 0 aromatic heterocycles. The SMILES string of the molecule is CCOc1cc2c(c(F)c1OCC)C(=N)N(CC(=O)c1cc(N3CCN(C(C)O)CC3)c(OC)c(C(C)(C)C)c1)C2(C)C. The second kappa shape index (κ2) is 12.3. The number of nitrogens with one attached hydrogen (secondary N) is 1. The second-order valence-electron chi connectivity index (χ2n) is 12.7. The van der Waals surface area contributed by atoms with Crippen LogP contribution >= 0.6 is 0 Å². The number of Topliss-reactive ketones (excluding diaryl/α,β-unsaturated/α-hetero) is 1. The lowest BCUT2D eigenvalue weighted by atomic mass is 9.84. The lowest BCUT2D eigenvalue weighted by Gasteiger charge is -2.39. The number of piperazine rings is 1. The monoisotopic (exact) mass is 598 g/mol. The smallest absolute Gasteiger partial charge is 0.197 e. The molecule has 2 aliphatic rings. The molecule has 0 bridgehead atoms. The van der Waals surface area contributed by atoms with Gasteiger partial charge < -0.3 is 29.1 Å². The molecular weight excluding hydrogens is 551 g/mol. The van der Waals surface area contributed by atoms with E-state index in [9.17, 15) is 9.90 Å². The zero-order valence-corrected chi connectivity index (χ0v) is 27.1. The van der Waals surface area contributed by atoms with Crippen LogP contribution in [0, 0.1) is 11.2 Å². The summed E-state index contributed by atoms with van der Waals surface area (Å²) in [5.41, 5.74) is 1.78. The Hall–Kier alpha value is -3.37. The van der Waals surface area contributed by atoms with E-state index in [0.717, 1.165) is 17.0 Å². The number of halogens is 1. The van der Waals surface area contributed by atoms with Gasteiger partial charge in [0.05, 0.1) is 43.7 Å². The van der Waals surface area contributed by atoms with Gasteiger partial charge in [0.2, 0.25) is 0 Å². The fraction of sp³-hybridized carbons (Fsp3) is 0.576. The average molecular weight is 599 g/mol. The van der Waals surface area contributed by atoms with Gasteiger partial charge in [-0.25, -0.2) is 4.39 Å². The Labute approximate surface area is 255 Å². The van der Waals surface area contributed by atoms with Crippen LogP contribution in [-0.4, -0.2) is 85.8 Å². The summed E-state index contributed by atoms with van der Waals surface area (Å²) in [6.07, 6.45) is -0.524. The number of rotatable bonds is 10. The molecule has 2 aromatic carbocycles. The van der Waals surface area contributed by atoms with Gasteiger partial charge in [-0.1, -0.05) is 20.8 Å². The van der Waals surface area contributed by atoms with E-state index in [0.29, 0.717) is 49.7 Å². The predicted octanol–water partition coefficient (Wildman–Crippen LogP) is 5.15. The summed E-state index contributed by atoms with van der Waals surface area (Å²) in [4.78, 5) is 19.9. The Kier molecular flexibility index (Phi) is 9.32. The van der Waals surface area contributed by atoms with Crippen LogP contribution in [0.25, 0.3) is 0 Å². The molecule has 0 radical (unpaired) electrons. The van der Waals surface area contributed by atoms with Crippen molar-refractivity contribution in [3.8, 4) is 17.2 Å². The van der Waals surface area contributed by atoms with E-state index in [1.54, 1.807) is 31.9 Å². The van der Waals surface area contributed by atoms with E-state index < -0.39 is 17.6 Å². The Bertz CT molecular complexity index is 1380. The molecule has 4 rings (SSSR count). The normalized spacial score (nSPS) is 17.6. The highest BCUT2D eigenvalue weighted by molar-refractivity contribution is 6.07. The first-order chi connectivity index (χ1) is 20.2. The van der Waals surface area contributed by atoms with Crippen molar-refractivity contribution in [2.24, 2.45) is 0 Å². The van der Waals surface area contributed by atoms with Crippen molar-refractivity contribution in [3.63, 3.8) is 0 Å². The number of fused-ring (bicyclic) bond motifs is 1. The zero-order valence-electron chi connectivity index (χ0n) is 27.1. The van der Waals surface area contributed by atoms with Gasteiger partial charge in [-0.15, -0.1) is 0 Å². The topological polar surface area (TPSA) is 98.6 Å². The van der Waals surface area contributed by atoms with Crippen molar-refractivity contribution >= 4 is 17.3 Å². The molecule has 9 nitrogen and oxygen atoms in total. The first-order valence-electron chi connectivity index (χ1n) is 15.1. The molecule has 0 amide bonds. The fourth-order valence-corrected chi connectivity index (χ4v) is 6.05. The second-order valence-corrected chi connectivity index (χ2v) is 12.7. The third-order valence-electron chi connectivity index (χ3n) is 8.51. The number of ketones is 1. The van der Waals surface area contributed by atoms with Crippen LogP contribution in [0.15, 0.2) is 18.2 Å². The van der Waals surface area contributed by atoms with Crippen molar-refractivity contribution in [1.29, 1.82) is 5.41 Å². The van der Waals surface area contributed by atoms with Gasteiger partial charge in [0.15, 0.2) is 23.1 Å². The molecule has 1 fully saturated rings. The van der Waals surface area contributed by atoms with E-state index in [4.69, 9.17) is 19.6 Å². The van der Waals surface area contributed by atoms with E-state index in [1.807, 2.05) is 37.8 Å². The third kappa shape index (κ3) is 6.04. The van der Waals surface area contributed by atoms with E-state index in [2.05, 4.69) is 25.7 Å². The molecular formula is C33H47FN4O5. The largest absolute Gasteiger partial charge is 0.494 e. The average Bonchev–Trinajstić information content (AvgIpc) is 3.14. The molecule has 2 aromatic rings. The van der Waals surface area contributed by atoms with Crippen LogP contribution in [0.1, 0.15) is 82.4 Å².